The quantitative estimate of drug-likeness (QED) is 0.683. The summed E-state index contributed by atoms with van der Waals surface area (Å²) < 4.78 is 4.25. The molecule has 2 heterocycles. The summed E-state index contributed by atoms with van der Waals surface area (Å²) in [7, 11) is 0. The smallest absolute Gasteiger partial charge is 0.248 e. The minimum atomic E-state index is -0.261. The van der Waals surface area contributed by atoms with Crippen molar-refractivity contribution in [3.8, 4) is 0 Å². The summed E-state index contributed by atoms with van der Waals surface area (Å²) in [6, 6.07) is 7.93. The first-order valence-electron chi connectivity index (χ1n) is 7.55. The first-order chi connectivity index (χ1) is 11.9. The minimum absolute atomic E-state index is 0.0562. The molecular formula is C16H16BrClN6O. The molecule has 7 nitrogen and oxygen atoms in total. The molecule has 1 N–H and O–H groups in total. The summed E-state index contributed by atoms with van der Waals surface area (Å²) in [5.74, 6) is -0.00148. The summed E-state index contributed by atoms with van der Waals surface area (Å²) in [5, 5.41) is 11.7. The Morgan fingerprint density at radius 1 is 1.24 bits per heavy atom. The molecule has 9 heteroatoms. The molecule has 0 fully saturated rings. The molecule has 1 amide bonds. The number of benzene rings is 1. The van der Waals surface area contributed by atoms with Crippen LogP contribution in [0.15, 0.2) is 35.1 Å². The topological polar surface area (TPSA) is 77.6 Å². The van der Waals surface area contributed by atoms with Crippen LogP contribution in [-0.4, -0.2) is 30.5 Å². The van der Waals surface area contributed by atoms with E-state index in [-0.39, 0.29) is 18.4 Å². The molecule has 0 aliphatic rings. The first kappa shape index (κ1) is 17.6. The van der Waals surface area contributed by atoms with E-state index in [1.54, 1.807) is 22.6 Å². The lowest BCUT2D eigenvalue weighted by molar-refractivity contribution is -0.117. The molecule has 0 radical (unpaired) electrons. The van der Waals surface area contributed by atoms with Crippen LogP contribution in [0.4, 0.5) is 5.95 Å². The number of rotatable bonds is 5. The maximum absolute atomic E-state index is 12.2. The van der Waals surface area contributed by atoms with Gasteiger partial charge in [-0.15, -0.1) is 5.10 Å². The fourth-order valence-electron chi connectivity index (χ4n) is 2.33. The van der Waals surface area contributed by atoms with Gasteiger partial charge in [0.25, 0.3) is 0 Å². The number of nitrogens with zero attached hydrogens (tertiary/aromatic N) is 5. The van der Waals surface area contributed by atoms with Crippen LogP contribution in [0.2, 0.25) is 5.02 Å². The predicted molar refractivity (Wildman–Crippen MR) is 98.6 cm³/mol. The lowest BCUT2D eigenvalue weighted by atomic mass is 10.2. The van der Waals surface area contributed by atoms with E-state index < -0.39 is 0 Å². The predicted octanol–water partition coefficient (Wildman–Crippen LogP) is 3.19. The maximum atomic E-state index is 12.2. The van der Waals surface area contributed by atoms with Crippen molar-refractivity contribution in [2.24, 2.45) is 0 Å². The van der Waals surface area contributed by atoms with Crippen molar-refractivity contribution < 1.29 is 4.79 Å². The van der Waals surface area contributed by atoms with Gasteiger partial charge in [-0.05, 0) is 31.5 Å². The summed E-state index contributed by atoms with van der Waals surface area (Å²) in [5.41, 5.74) is 2.54. The standard InChI is InChI=1S/C16H16BrClN6O/c1-10-15(18)11(2)24(21-10)8-14(25)20-16-19-9-23(22-16)7-12-3-5-13(17)6-4-12/h3-6,9H,7-8H2,1-2H3,(H,20,22,25). The Balaban J connectivity index is 1.61. The van der Waals surface area contributed by atoms with Crippen LogP contribution >= 0.6 is 27.5 Å². The molecular weight excluding hydrogens is 408 g/mol. The van der Waals surface area contributed by atoms with Gasteiger partial charge in [0.2, 0.25) is 11.9 Å². The van der Waals surface area contributed by atoms with Gasteiger partial charge in [0.1, 0.15) is 12.9 Å². The normalized spacial score (nSPS) is 10.9. The third kappa shape index (κ3) is 4.26. The number of amides is 1. The highest BCUT2D eigenvalue weighted by atomic mass is 79.9. The maximum Gasteiger partial charge on any atom is 0.248 e. The highest BCUT2D eigenvalue weighted by molar-refractivity contribution is 9.10. The number of carbonyl (C=O) groups is 1. The molecule has 25 heavy (non-hydrogen) atoms. The van der Waals surface area contributed by atoms with E-state index >= 15 is 0 Å². The number of nitrogens with one attached hydrogen (secondary N) is 1. The number of halogens is 2. The van der Waals surface area contributed by atoms with Gasteiger partial charge in [-0.25, -0.2) is 9.67 Å². The largest absolute Gasteiger partial charge is 0.292 e. The zero-order chi connectivity index (χ0) is 18.0. The summed E-state index contributed by atoms with van der Waals surface area (Å²) >= 11 is 9.49. The van der Waals surface area contributed by atoms with Crippen molar-refractivity contribution in [2.45, 2.75) is 26.9 Å². The van der Waals surface area contributed by atoms with Crippen molar-refractivity contribution in [2.75, 3.05) is 5.32 Å². The third-order valence-corrected chi connectivity index (χ3v) is 4.71. The fourth-order valence-corrected chi connectivity index (χ4v) is 2.73. The van der Waals surface area contributed by atoms with E-state index in [4.69, 9.17) is 11.6 Å². The van der Waals surface area contributed by atoms with Crippen LogP contribution in [0.5, 0.6) is 0 Å². The molecule has 0 unspecified atom stereocenters. The van der Waals surface area contributed by atoms with Gasteiger partial charge in [0.05, 0.1) is 23.0 Å². The monoisotopic (exact) mass is 422 g/mol. The lowest BCUT2D eigenvalue weighted by Crippen LogP contribution is -2.21. The molecule has 1 aromatic carbocycles. The summed E-state index contributed by atoms with van der Waals surface area (Å²) in [6.45, 7) is 4.25. The first-order valence-corrected chi connectivity index (χ1v) is 8.72. The van der Waals surface area contributed by atoms with E-state index in [9.17, 15) is 4.79 Å². The van der Waals surface area contributed by atoms with Crippen LogP contribution < -0.4 is 5.32 Å². The Labute approximate surface area is 158 Å². The zero-order valence-electron chi connectivity index (χ0n) is 13.7. The Morgan fingerprint density at radius 2 is 1.96 bits per heavy atom. The van der Waals surface area contributed by atoms with Crippen molar-refractivity contribution in [3.63, 3.8) is 0 Å². The molecule has 0 aliphatic heterocycles. The van der Waals surface area contributed by atoms with E-state index in [1.165, 1.54) is 0 Å². The number of anilines is 1. The van der Waals surface area contributed by atoms with Gasteiger partial charge in [0.15, 0.2) is 0 Å². The number of aryl methyl sites for hydroxylation is 1. The number of aromatic nitrogens is 5. The van der Waals surface area contributed by atoms with Gasteiger partial charge in [0, 0.05) is 4.47 Å². The highest BCUT2D eigenvalue weighted by Crippen LogP contribution is 2.18. The third-order valence-electron chi connectivity index (χ3n) is 3.63. The van der Waals surface area contributed by atoms with Crippen LogP contribution in [0.1, 0.15) is 17.0 Å². The second kappa shape index (κ2) is 7.37. The molecule has 0 spiro atoms. The molecule has 0 bridgehead atoms. The second-order valence-corrected chi connectivity index (χ2v) is 6.88. The average molecular weight is 424 g/mol. The summed E-state index contributed by atoms with van der Waals surface area (Å²) in [4.78, 5) is 16.3. The van der Waals surface area contributed by atoms with Crippen molar-refractivity contribution >= 4 is 39.4 Å². The summed E-state index contributed by atoms with van der Waals surface area (Å²) in [6.07, 6.45) is 1.58. The lowest BCUT2D eigenvalue weighted by Gasteiger charge is -2.04. The van der Waals surface area contributed by atoms with Crippen LogP contribution in [0.3, 0.4) is 0 Å². The molecule has 0 saturated heterocycles. The second-order valence-electron chi connectivity index (χ2n) is 5.58. The number of hydrogen-bond acceptors (Lipinski definition) is 4. The van der Waals surface area contributed by atoms with E-state index in [0.717, 1.165) is 15.7 Å². The van der Waals surface area contributed by atoms with E-state index in [0.29, 0.717) is 17.3 Å². The Morgan fingerprint density at radius 3 is 2.60 bits per heavy atom. The van der Waals surface area contributed by atoms with Gasteiger partial charge in [-0.3, -0.25) is 14.8 Å². The molecule has 3 rings (SSSR count). The van der Waals surface area contributed by atoms with Gasteiger partial charge in [-0.1, -0.05) is 39.7 Å². The fraction of sp³-hybridized carbons (Fsp3) is 0.250. The SMILES string of the molecule is Cc1nn(CC(=O)Nc2ncn(Cc3ccc(Br)cc3)n2)c(C)c1Cl. The Bertz CT molecular complexity index is 902. The van der Waals surface area contributed by atoms with Gasteiger partial charge >= 0.3 is 0 Å². The van der Waals surface area contributed by atoms with Crippen molar-refractivity contribution in [3.05, 3.63) is 57.0 Å². The molecule has 3 aromatic rings. The van der Waals surface area contributed by atoms with Crippen LogP contribution in [0, 0.1) is 13.8 Å². The average Bonchev–Trinajstić information content (AvgIpc) is 3.10. The zero-order valence-corrected chi connectivity index (χ0v) is 16.0. The number of carbonyl (C=O) groups excluding carboxylic acids is 1. The van der Waals surface area contributed by atoms with Crippen LogP contribution in [-0.2, 0) is 17.9 Å². The molecule has 130 valence electrons. The Kier molecular flexibility index (Phi) is 5.19. The Hall–Kier alpha value is -2.19. The van der Waals surface area contributed by atoms with Crippen molar-refractivity contribution in [1.29, 1.82) is 0 Å². The molecule has 0 saturated carbocycles. The molecule has 2 aromatic heterocycles. The molecule has 0 aliphatic carbocycles. The van der Waals surface area contributed by atoms with Crippen LogP contribution in [0.25, 0.3) is 0 Å². The van der Waals surface area contributed by atoms with E-state index in [1.807, 2.05) is 31.2 Å². The van der Waals surface area contributed by atoms with Gasteiger partial charge in [-0.2, -0.15) is 5.10 Å². The van der Waals surface area contributed by atoms with E-state index in [2.05, 4.69) is 36.4 Å². The molecule has 0 atom stereocenters. The minimum Gasteiger partial charge on any atom is -0.292 e. The highest BCUT2D eigenvalue weighted by Gasteiger charge is 2.13. The van der Waals surface area contributed by atoms with Gasteiger partial charge < -0.3 is 0 Å². The number of hydrogen-bond donors (Lipinski definition) is 1. The van der Waals surface area contributed by atoms with Crippen molar-refractivity contribution in [1.82, 2.24) is 24.5 Å².